The highest BCUT2D eigenvalue weighted by molar-refractivity contribution is 7.93. The molecule has 3 N–H and O–H groups in total. The first-order chi connectivity index (χ1) is 16.4. The molecular weight excluding hydrogens is 474 g/mol. The normalized spacial score (nSPS) is 11.6. The molecule has 0 aliphatic heterocycles. The smallest absolute Gasteiger partial charge is 0.263 e. The van der Waals surface area contributed by atoms with Crippen LogP contribution in [0.1, 0.15) is 5.56 Å². The second-order valence-corrected chi connectivity index (χ2v) is 10.0. The van der Waals surface area contributed by atoms with E-state index in [9.17, 15) is 13.5 Å². The predicted octanol–water partition coefficient (Wildman–Crippen LogP) is 4.37. The maximum atomic E-state index is 12.9. The zero-order valence-electron chi connectivity index (χ0n) is 17.9. The number of ether oxygens (including phenoxy) is 1. The van der Waals surface area contributed by atoms with Crippen LogP contribution in [0.5, 0.6) is 11.5 Å². The SMILES string of the molecule is COc1cccc(CNc2ccc(S(=O)(=O)Nc3nc4c(ccc5nccnc54)s3)cc2)c1O. The van der Waals surface area contributed by atoms with Crippen molar-refractivity contribution in [3.05, 3.63) is 72.6 Å². The van der Waals surface area contributed by atoms with E-state index in [1.165, 1.54) is 30.6 Å². The van der Waals surface area contributed by atoms with E-state index in [1.54, 1.807) is 42.7 Å². The molecule has 0 aliphatic carbocycles. The molecule has 5 rings (SSSR count). The summed E-state index contributed by atoms with van der Waals surface area (Å²) in [7, 11) is -2.35. The Morgan fingerprint density at radius 3 is 2.59 bits per heavy atom. The van der Waals surface area contributed by atoms with E-state index in [4.69, 9.17) is 4.74 Å². The predicted molar refractivity (Wildman–Crippen MR) is 132 cm³/mol. The molecule has 0 saturated heterocycles. The van der Waals surface area contributed by atoms with E-state index >= 15 is 0 Å². The van der Waals surface area contributed by atoms with E-state index < -0.39 is 10.0 Å². The number of fused-ring (bicyclic) bond motifs is 3. The molecule has 0 fully saturated rings. The highest BCUT2D eigenvalue weighted by Gasteiger charge is 2.18. The number of benzene rings is 3. The average molecular weight is 494 g/mol. The molecule has 2 aromatic heterocycles. The van der Waals surface area contributed by atoms with Crippen molar-refractivity contribution in [1.29, 1.82) is 0 Å². The summed E-state index contributed by atoms with van der Waals surface area (Å²) in [5.41, 5.74) is 3.28. The fourth-order valence-electron chi connectivity index (χ4n) is 3.46. The Kier molecular flexibility index (Phi) is 5.64. The number of aromatic hydroxyl groups is 1. The van der Waals surface area contributed by atoms with E-state index in [1.807, 2.05) is 12.1 Å². The number of aromatic nitrogens is 3. The standard InChI is InChI=1S/C23H19N5O4S2/c1-32-18-4-2-3-14(22(18)29)13-26-15-5-7-16(8-6-15)34(30,31)28-23-27-21-19(33-23)10-9-17-20(21)25-12-11-24-17/h2-12,26,29H,13H2,1H3,(H,27,28). The number of sulfonamides is 1. The van der Waals surface area contributed by atoms with Crippen LogP contribution >= 0.6 is 11.3 Å². The topological polar surface area (TPSA) is 126 Å². The molecule has 11 heteroatoms. The van der Waals surface area contributed by atoms with Gasteiger partial charge in [-0.1, -0.05) is 23.5 Å². The van der Waals surface area contributed by atoms with Crippen LogP contribution in [0.2, 0.25) is 0 Å². The van der Waals surface area contributed by atoms with Crippen LogP contribution < -0.4 is 14.8 Å². The van der Waals surface area contributed by atoms with Gasteiger partial charge >= 0.3 is 0 Å². The minimum absolute atomic E-state index is 0.0653. The molecule has 172 valence electrons. The maximum Gasteiger partial charge on any atom is 0.263 e. The summed E-state index contributed by atoms with van der Waals surface area (Å²) >= 11 is 1.23. The van der Waals surface area contributed by atoms with Gasteiger partial charge in [-0.2, -0.15) is 0 Å². The molecule has 0 saturated carbocycles. The average Bonchev–Trinajstić information content (AvgIpc) is 3.26. The highest BCUT2D eigenvalue weighted by Crippen LogP contribution is 2.32. The molecule has 3 aromatic carbocycles. The number of anilines is 2. The largest absolute Gasteiger partial charge is 0.504 e. The van der Waals surface area contributed by atoms with Crippen LogP contribution in [0.25, 0.3) is 21.3 Å². The number of hydrogen-bond acceptors (Lipinski definition) is 9. The van der Waals surface area contributed by atoms with Gasteiger partial charge in [-0.15, -0.1) is 0 Å². The molecule has 9 nitrogen and oxygen atoms in total. The van der Waals surface area contributed by atoms with Crippen molar-refractivity contribution < 1.29 is 18.3 Å². The number of nitrogens with one attached hydrogen (secondary N) is 2. The van der Waals surface area contributed by atoms with E-state index in [-0.39, 0.29) is 15.8 Å². The summed E-state index contributed by atoms with van der Waals surface area (Å²) in [6, 6.07) is 15.2. The van der Waals surface area contributed by atoms with Crippen molar-refractivity contribution in [3.8, 4) is 11.5 Å². The van der Waals surface area contributed by atoms with Crippen molar-refractivity contribution >= 4 is 53.4 Å². The van der Waals surface area contributed by atoms with Crippen molar-refractivity contribution in [2.75, 3.05) is 17.1 Å². The Bertz CT molecular complexity index is 1600. The number of methoxy groups -OCH3 is 1. The minimum atomic E-state index is -3.84. The lowest BCUT2D eigenvalue weighted by molar-refractivity contribution is 0.371. The summed E-state index contributed by atoms with van der Waals surface area (Å²) in [6.07, 6.45) is 3.18. The van der Waals surface area contributed by atoms with Crippen molar-refractivity contribution in [2.45, 2.75) is 11.4 Å². The summed E-state index contributed by atoms with van der Waals surface area (Å²) in [5, 5.41) is 13.6. The zero-order valence-corrected chi connectivity index (χ0v) is 19.5. The first-order valence-corrected chi connectivity index (χ1v) is 12.5. The summed E-state index contributed by atoms with van der Waals surface area (Å²) in [5.74, 6) is 0.456. The lowest BCUT2D eigenvalue weighted by Crippen LogP contribution is -2.12. The van der Waals surface area contributed by atoms with Gasteiger partial charge in [-0.3, -0.25) is 14.7 Å². The first kappa shape index (κ1) is 21.9. The molecule has 2 heterocycles. The van der Waals surface area contributed by atoms with E-state index in [2.05, 4.69) is 25.0 Å². The first-order valence-electron chi connectivity index (χ1n) is 10.2. The molecule has 0 spiro atoms. The zero-order chi connectivity index (χ0) is 23.7. The number of phenolic OH excluding ortho intramolecular Hbond substituents is 1. The fourth-order valence-corrected chi connectivity index (χ4v) is 5.57. The second-order valence-electron chi connectivity index (χ2n) is 7.31. The second kappa shape index (κ2) is 8.76. The minimum Gasteiger partial charge on any atom is -0.504 e. The van der Waals surface area contributed by atoms with E-state index in [0.717, 1.165) is 4.70 Å². The fraction of sp³-hybridized carbons (Fsp3) is 0.0870. The third-order valence-corrected chi connectivity index (χ3v) is 7.59. The van der Waals surface area contributed by atoms with Gasteiger partial charge in [0.05, 0.1) is 22.2 Å². The van der Waals surface area contributed by atoms with Crippen LogP contribution in [0, 0.1) is 0 Å². The molecule has 0 atom stereocenters. The Morgan fingerprint density at radius 1 is 1.00 bits per heavy atom. The summed E-state index contributed by atoms with van der Waals surface area (Å²) in [6.45, 7) is 0.343. The number of para-hydroxylation sites is 1. The molecule has 0 aliphatic rings. The Hall–Kier alpha value is -3.96. The third-order valence-electron chi connectivity index (χ3n) is 5.17. The van der Waals surface area contributed by atoms with Gasteiger partial charge in [0.1, 0.15) is 11.0 Å². The van der Waals surface area contributed by atoms with Gasteiger partial charge in [0, 0.05) is 30.2 Å². The number of phenols is 1. The van der Waals surface area contributed by atoms with Gasteiger partial charge in [0.15, 0.2) is 16.6 Å². The van der Waals surface area contributed by atoms with Crippen LogP contribution in [-0.4, -0.2) is 35.6 Å². The third kappa shape index (κ3) is 4.18. The Balaban J connectivity index is 1.32. The molecule has 0 unspecified atom stereocenters. The quantitative estimate of drug-likeness (QED) is 0.305. The lowest BCUT2D eigenvalue weighted by Gasteiger charge is -2.11. The van der Waals surface area contributed by atoms with E-state index in [0.29, 0.717) is 40.1 Å². The lowest BCUT2D eigenvalue weighted by atomic mass is 10.2. The van der Waals surface area contributed by atoms with Crippen LogP contribution in [0.4, 0.5) is 10.8 Å². The summed E-state index contributed by atoms with van der Waals surface area (Å²) in [4.78, 5) is 13.1. The summed E-state index contributed by atoms with van der Waals surface area (Å²) < 4.78 is 34.3. The molecular formula is C23H19N5O4S2. The number of thiazole rings is 1. The molecule has 34 heavy (non-hydrogen) atoms. The highest BCUT2D eigenvalue weighted by atomic mass is 32.2. The van der Waals surface area contributed by atoms with Crippen LogP contribution in [0.15, 0.2) is 71.9 Å². The molecule has 5 aromatic rings. The van der Waals surface area contributed by atoms with Gasteiger partial charge < -0.3 is 15.2 Å². The van der Waals surface area contributed by atoms with Gasteiger partial charge in [0.2, 0.25) is 0 Å². The van der Waals surface area contributed by atoms with Crippen LogP contribution in [0.3, 0.4) is 0 Å². The molecule has 0 bridgehead atoms. The number of rotatable bonds is 7. The molecule has 0 radical (unpaired) electrons. The van der Waals surface area contributed by atoms with Gasteiger partial charge in [-0.25, -0.2) is 13.4 Å². The van der Waals surface area contributed by atoms with Gasteiger partial charge in [0.25, 0.3) is 10.0 Å². The number of hydrogen-bond donors (Lipinski definition) is 3. The monoisotopic (exact) mass is 493 g/mol. The van der Waals surface area contributed by atoms with Crippen molar-refractivity contribution in [1.82, 2.24) is 15.0 Å². The Labute approximate surface area is 199 Å². The van der Waals surface area contributed by atoms with Crippen LogP contribution in [-0.2, 0) is 16.6 Å². The van der Waals surface area contributed by atoms with Crippen molar-refractivity contribution in [2.24, 2.45) is 0 Å². The number of nitrogens with zero attached hydrogens (tertiary/aromatic N) is 3. The Morgan fingerprint density at radius 2 is 1.79 bits per heavy atom. The van der Waals surface area contributed by atoms with Gasteiger partial charge in [-0.05, 0) is 42.5 Å². The maximum absolute atomic E-state index is 12.9. The van der Waals surface area contributed by atoms with Crippen molar-refractivity contribution in [3.63, 3.8) is 0 Å². The molecule has 0 amide bonds.